The van der Waals surface area contributed by atoms with Crippen molar-refractivity contribution in [2.24, 2.45) is 0 Å². The van der Waals surface area contributed by atoms with Crippen molar-refractivity contribution < 1.29 is 35.9 Å². The summed E-state index contributed by atoms with van der Waals surface area (Å²) in [7, 11) is -2.88. The predicted molar refractivity (Wildman–Crippen MR) is 71.9 cm³/mol. The number of phenolic OH excluding ortho intramolecular Hbond substituents is 1. The molecule has 7 heteroatoms. The molecule has 114 valence electrons. The van der Waals surface area contributed by atoms with Crippen molar-refractivity contribution >= 4 is 9.84 Å². The van der Waals surface area contributed by atoms with Gasteiger partial charge in [0, 0.05) is 0 Å². The first-order valence-electron chi connectivity index (χ1n) is 6.41. The molecule has 1 heterocycles. The average molecular weight is 322 g/mol. The second kappa shape index (κ2) is 6.76. The summed E-state index contributed by atoms with van der Waals surface area (Å²) in [4.78, 5) is 1.11. The van der Waals surface area contributed by atoms with Gasteiger partial charge in [-0.1, -0.05) is 12.1 Å². The van der Waals surface area contributed by atoms with Crippen LogP contribution < -0.4 is 17.3 Å². The second-order valence-electron chi connectivity index (χ2n) is 5.14. The zero-order valence-corrected chi connectivity index (χ0v) is 12.9. The third kappa shape index (κ3) is 4.09. The van der Waals surface area contributed by atoms with Crippen LogP contribution in [0.3, 0.4) is 0 Å². The number of nitrogens with one attached hydrogen (secondary N) is 1. The molecule has 2 atom stereocenters. The van der Waals surface area contributed by atoms with Gasteiger partial charge in [-0.3, -0.25) is 0 Å². The number of phenols is 1. The van der Waals surface area contributed by atoms with E-state index >= 15 is 0 Å². The van der Waals surface area contributed by atoms with Crippen LogP contribution in [-0.4, -0.2) is 49.3 Å². The fourth-order valence-corrected chi connectivity index (χ4v) is 3.79. The molecule has 2 rings (SSSR count). The van der Waals surface area contributed by atoms with Crippen molar-refractivity contribution in [3.05, 3.63) is 29.8 Å². The molecule has 1 aliphatic rings. The van der Waals surface area contributed by atoms with Crippen LogP contribution in [0, 0.1) is 0 Å². The molecule has 0 bridgehead atoms. The van der Waals surface area contributed by atoms with Gasteiger partial charge in [0.15, 0.2) is 9.84 Å². The van der Waals surface area contributed by atoms with E-state index in [-0.39, 0.29) is 35.7 Å². The molecule has 0 radical (unpaired) electrons. The van der Waals surface area contributed by atoms with E-state index in [2.05, 4.69) is 0 Å². The number of rotatable bonds is 3. The Bertz CT molecular complexity index is 518. The first-order chi connectivity index (χ1) is 8.89. The van der Waals surface area contributed by atoms with Crippen molar-refractivity contribution in [1.82, 2.24) is 0 Å². The summed E-state index contributed by atoms with van der Waals surface area (Å²) in [5.74, 6) is 0.546. The van der Waals surface area contributed by atoms with Crippen LogP contribution in [0.4, 0.5) is 0 Å². The topological polar surface area (TPSA) is 79.0 Å². The quantitative estimate of drug-likeness (QED) is 0.532. The lowest BCUT2D eigenvalue weighted by Crippen LogP contribution is -3.18. The largest absolute Gasteiger partial charge is 1.00 e. The summed E-state index contributed by atoms with van der Waals surface area (Å²) in [6.07, 6.45) is -0.656. The minimum absolute atomic E-state index is 0. The van der Waals surface area contributed by atoms with Gasteiger partial charge in [-0.05, 0) is 24.6 Å². The first kappa shape index (κ1) is 17.2. The molecular weight excluding hydrogens is 302 g/mol. The van der Waals surface area contributed by atoms with E-state index < -0.39 is 15.9 Å². The Morgan fingerprint density at radius 2 is 1.65 bits per heavy atom. The van der Waals surface area contributed by atoms with E-state index in [1.807, 2.05) is 6.92 Å². The smallest absolute Gasteiger partial charge is 0.161 e. The molecule has 1 aromatic carbocycles. The minimum Gasteiger partial charge on any atom is -1.00 e. The Labute approximate surface area is 125 Å². The lowest BCUT2D eigenvalue weighted by atomic mass is 10.0. The van der Waals surface area contributed by atoms with Gasteiger partial charge >= 0.3 is 0 Å². The molecule has 5 nitrogen and oxygen atoms in total. The fraction of sp³-hybridized carbons (Fsp3) is 0.538. The number of sulfone groups is 1. The number of hydrogen-bond acceptors (Lipinski definition) is 4. The first-order valence-corrected chi connectivity index (χ1v) is 8.23. The number of aromatic hydroxyl groups is 1. The van der Waals surface area contributed by atoms with Gasteiger partial charge in [0.1, 0.15) is 17.9 Å². The normalized spacial score (nSPS) is 21.7. The van der Waals surface area contributed by atoms with E-state index in [1.54, 1.807) is 24.3 Å². The van der Waals surface area contributed by atoms with Gasteiger partial charge in [-0.2, -0.15) is 0 Å². The molecule has 0 saturated carbocycles. The molecule has 1 saturated heterocycles. The molecule has 1 fully saturated rings. The zero-order valence-electron chi connectivity index (χ0n) is 11.3. The van der Waals surface area contributed by atoms with Crippen LogP contribution in [-0.2, 0) is 9.84 Å². The SMILES string of the molecule is CC(C(O)c1ccc(O)cc1)[NH+]1CCS(=O)(=O)CC1.[Cl-]. The summed E-state index contributed by atoms with van der Waals surface area (Å²) in [5.41, 5.74) is 0.742. The van der Waals surface area contributed by atoms with Gasteiger partial charge in [0.25, 0.3) is 0 Å². The van der Waals surface area contributed by atoms with Gasteiger partial charge in [-0.15, -0.1) is 0 Å². The highest BCUT2D eigenvalue weighted by atomic mass is 35.5. The standard InChI is InChI=1S/C13H19NO4S.ClH/c1-10(14-6-8-19(17,18)9-7-14)13(16)11-2-4-12(15)5-3-11;/h2-5,10,13,15-16H,6-9H2,1H3;1H. The Morgan fingerprint density at radius 1 is 1.15 bits per heavy atom. The summed E-state index contributed by atoms with van der Waals surface area (Å²) in [6, 6.07) is 6.40. The summed E-state index contributed by atoms with van der Waals surface area (Å²) < 4.78 is 22.8. The highest BCUT2D eigenvalue weighted by molar-refractivity contribution is 7.91. The molecular formula is C13H20ClNO4S. The van der Waals surface area contributed by atoms with E-state index in [4.69, 9.17) is 0 Å². The van der Waals surface area contributed by atoms with Gasteiger partial charge in [0.05, 0.1) is 24.6 Å². The number of halogens is 1. The van der Waals surface area contributed by atoms with E-state index in [1.165, 1.54) is 0 Å². The molecule has 0 amide bonds. The molecule has 3 N–H and O–H groups in total. The predicted octanol–water partition coefficient (Wildman–Crippen LogP) is -3.87. The van der Waals surface area contributed by atoms with Crippen molar-refractivity contribution in [3.8, 4) is 5.75 Å². The summed E-state index contributed by atoms with van der Waals surface area (Å²) in [5, 5.41) is 19.5. The number of benzene rings is 1. The third-order valence-corrected chi connectivity index (χ3v) is 5.47. The van der Waals surface area contributed by atoms with E-state index in [0.717, 1.165) is 10.5 Å². The van der Waals surface area contributed by atoms with Crippen molar-refractivity contribution in [2.45, 2.75) is 19.1 Å². The van der Waals surface area contributed by atoms with Gasteiger partial charge in [0.2, 0.25) is 0 Å². The number of aliphatic hydroxyl groups excluding tert-OH is 1. The van der Waals surface area contributed by atoms with Crippen LogP contribution in [0.15, 0.2) is 24.3 Å². The van der Waals surface area contributed by atoms with Crippen LogP contribution in [0.1, 0.15) is 18.6 Å². The lowest BCUT2D eigenvalue weighted by Gasteiger charge is -2.32. The van der Waals surface area contributed by atoms with Crippen LogP contribution in [0.5, 0.6) is 5.75 Å². The monoisotopic (exact) mass is 321 g/mol. The van der Waals surface area contributed by atoms with Crippen LogP contribution in [0.2, 0.25) is 0 Å². The molecule has 2 unspecified atom stereocenters. The fourth-order valence-electron chi connectivity index (χ4n) is 2.44. The third-order valence-electron chi connectivity index (χ3n) is 3.82. The number of hydrogen-bond donors (Lipinski definition) is 3. The van der Waals surface area contributed by atoms with Gasteiger partial charge in [-0.25, -0.2) is 8.42 Å². The number of aliphatic hydroxyl groups is 1. The average Bonchev–Trinajstić information content (AvgIpc) is 2.38. The maximum absolute atomic E-state index is 11.4. The Hall–Kier alpha value is -0.820. The maximum atomic E-state index is 11.4. The number of quaternary nitrogens is 1. The van der Waals surface area contributed by atoms with E-state index in [0.29, 0.717) is 13.1 Å². The van der Waals surface area contributed by atoms with Crippen LogP contribution in [0.25, 0.3) is 0 Å². The summed E-state index contributed by atoms with van der Waals surface area (Å²) in [6.45, 7) is 3.00. The molecule has 1 aliphatic heterocycles. The van der Waals surface area contributed by atoms with Crippen LogP contribution >= 0.6 is 0 Å². The Kier molecular flexibility index (Phi) is 5.82. The maximum Gasteiger partial charge on any atom is 0.161 e. The zero-order chi connectivity index (χ0) is 14.0. The molecule has 0 spiro atoms. The van der Waals surface area contributed by atoms with Gasteiger partial charge < -0.3 is 27.5 Å². The van der Waals surface area contributed by atoms with Crippen molar-refractivity contribution in [2.75, 3.05) is 24.6 Å². The van der Waals surface area contributed by atoms with Crippen molar-refractivity contribution in [3.63, 3.8) is 0 Å². The highest BCUT2D eigenvalue weighted by Crippen LogP contribution is 2.18. The van der Waals surface area contributed by atoms with E-state index in [9.17, 15) is 18.6 Å². The minimum atomic E-state index is -2.88. The highest BCUT2D eigenvalue weighted by Gasteiger charge is 2.32. The molecule has 20 heavy (non-hydrogen) atoms. The second-order valence-corrected chi connectivity index (χ2v) is 7.44. The molecule has 0 aromatic heterocycles. The lowest BCUT2D eigenvalue weighted by molar-refractivity contribution is -0.924. The molecule has 1 aromatic rings. The molecule has 0 aliphatic carbocycles. The Morgan fingerprint density at radius 3 is 2.15 bits per heavy atom. The van der Waals surface area contributed by atoms with Crippen molar-refractivity contribution in [1.29, 1.82) is 0 Å². The summed E-state index contributed by atoms with van der Waals surface area (Å²) >= 11 is 0. The Balaban J connectivity index is 0.00000200.